The van der Waals surface area contributed by atoms with Gasteiger partial charge >= 0.3 is 0 Å². The number of ether oxygens (including phenoxy) is 2. The van der Waals surface area contributed by atoms with E-state index < -0.39 is 11.7 Å². The quantitative estimate of drug-likeness (QED) is 0.437. The van der Waals surface area contributed by atoms with E-state index in [4.69, 9.17) is 14.6 Å². The molecule has 0 saturated carbocycles. The topological polar surface area (TPSA) is 58.9 Å². The van der Waals surface area contributed by atoms with Gasteiger partial charge in [-0.3, -0.25) is 0 Å². The van der Waals surface area contributed by atoms with Gasteiger partial charge in [0.2, 0.25) is 0 Å². The van der Waals surface area contributed by atoms with Crippen LogP contribution in [0.4, 0.5) is 0 Å². The van der Waals surface area contributed by atoms with Gasteiger partial charge in [-0.05, 0) is 0 Å². The van der Waals surface area contributed by atoms with Crippen molar-refractivity contribution in [2.24, 2.45) is 5.92 Å². The van der Waals surface area contributed by atoms with Crippen LogP contribution in [0.15, 0.2) is 0 Å². The molecule has 0 radical (unpaired) electrons. The first-order valence-corrected chi connectivity index (χ1v) is 4.24. The molecule has 0 aliphatic carbocycles. The molecule has 2 N–H and O–H groups in total. The van der Waals surface area contributed by atoms with E-state index >= 15 is 0 Å². The molecule has 1 unspecified atom stereocenters. The Morgan fingerprint density at radius 3 is 2.92 bits per heavy atom. The molecule has 2 saturated heterocycles. The van der Waals surface area contributed by atoms with Crippen molar-refractivity contribution in [1.29, 1.82) is 0 Å². The summed E-state index contributed by atoms with van der Waals surface area (Å²) >= 11 is 0. The number of hydrogen-bond acceptors (Lipinski definition) is 4. The average molecular weight is 172 g/mol. The molecule has 0 amide bonds. The van der Waals surface area contributed by atoms with E-state index in [1.165, 1.54) is 0 Å². The summed E-state index contributed by atoms with van der Waals surface area (Å²) in [5.74, 6) is 0.0194. The largest absolute Gasteiger partial charge is 0.393 e. The predicted octanol–water partition coefficient (Wildman–Crippen LogP) is -2.29. The molecule has 5 heteroatoms. The fourth-order valence-corrected chi connectivity index (χ4v) is 2.06. The zero-order valence-corrected chi connectivity index (χ0v) is 7.06. The first kappa shape index (κ1) is 8.50. The normalized spacial score (nSPS) is 52.7. The predicted molar refractivity (Wildman–Crippen MR) is 43.5 cm³/mol. The maximum Gasteiger partial charge on any atom is 0.140 e. The molecule has 0 aromatic heterocycles. The van der Waals surface area contributed by atoms with Crippen molar-refractivity contribution in [2.75, 3.05) is 19.8 Å². The second-order valence-corrected chi connectivity index (χ2v) is 3.67. The zero-order valence-electron chi connectivity index (χ0n) is 7.06. The van der Waals surface area contributed by atoms with Crippen LogP contribution < -0.4 is 0 Å². The third-order valence-electron chi connectivity index (χ3n) is 2.89. The van der Waals surface area contributed by atoms with Gasteiger partial charge in [0.05, 0.1) is 25.9 Å². The smallest absolute Gasteiger partial charge is 0.140 e. The Hall–Kier alpha value is -0.0951. The standard InChI is InChI=1S/C7H13BO4/c8-6-4-1-11-3-7(2-9,12-6)5(4)10/h4-6,9-10H,1-3,8H2/t4?,5-,6-,7+/m1/s1. The Kier molecular flexibility index (Phi) is 1.91. The highest BCUT2D eigenvalue weighted by Crippen LogP contribution is 2.38. The van der Waals surface area contributed by atoms with Gasteiger partial charge in [0.1, 0.15) is 13.4 Å². The maximum atomic E-state index is 9.76. The Morgan fingerprint density at radius 2 is 2.33 bits per heavy atom. The summed E-state index contributed by atoms with van der Waals surface area (Å²) in [6.07, 6.45) is -0.578. The lowest BCUT2D eigenvalue weighted by molar-refractivity contribution is -0.153. The van der Waals surface area contributed by atoms with E-state index in [0.29, 0.717) is 13.2 Å². The van der Waals surface area contributed by atoms with Crippen LogP contribution in [0.1, 0.15) is 0 Å². The van der Waals surface area contributed by atoms with Crippen molar-refractivity contribution in [2.45, 2.75) is 17.7 Å². The minimum absolute atomic E-state index is 0.0188. The monoisotopic (exact) mass is 172 g/mol. The molecule has 2 heterocycles. The van der Waals surface area contributed by atoms with E-state index in [1.807, 2.05) is 7.85 Å². The van der Waals surface area contributed by atoms with E-state index in [2.05, 4.69) is 0 Å². The van der Waals surface area contributed by atoms with Crippen LogP contribution in [0.5, 0.6) is 0 Å². The summed E-state index contributed by atoms with van der Waals surface area (Å²) in [6.45, 7) is 0.657. The molecule has 68 valence electrons. The van der Waals surface area contributed by atoms with Gasteiger partial charge in [0.25, 0.3) is 0 Å². The van der Waals surface area contributed by atoms with Gasteiger partial charge in [-0.15, -0.1) is 0 Å². The highest BCUT2D eigenvalue weighted by Gasteiger charge is 2.55. The zero-order chi connectivity index (χ0) is 8.77. The molecule has 2 aliphatic rings. The van der Waals surface area contributed by atoms with E-state index in [9.17, 15) is 5.11 Å². The van der Waals surface area contributed by atoms with Crippen LogP contribution in [0.25, 0.3) is 0 Å². The third kappa shape index (κ3) is 0.940. The Balaban J connectivity index is 2.24. The molecular weight excluding hydrogens is 159 g/mol. The second kappa shape index (κ2) is 2.70. The Labute approximate surface area is 71.9 Å². The molecule has 2 fully saturated rings. The summed E-state index contributed by atoms with van der Waals surface area (Å²) in [6, 6.07) is -0.0188. The SMILES string of the molecule is B[C@@H]1O[C@@]2(CO)COCC1[C@H]2O. The van der Waals surface area contributed by atoms with Crippen molar-refractivity contribution >= 4 is 7.85 Å². The van der Waals surface area contributed by atoms with Crippen LogP contribution in [-0.2, 0) is 9.47 Å². The van der Waals surface area contributed by atoms with Gasteiger partial charge in [-0.25, -0.2) is 0 Å². The molecule has 0 spiro atoms. The summed E-state index contributed by atoms with van der Waals surface area (Å²) < 4.78 is 10.8. The molecular formula is C7H13BO4. The molecule has 0 aromatic rings. The molecule has 4 nitrogen and oxygen atoms in total. The summed E-state index contributed by atoms with van der Waals surface area (Å²) in [7, 11) is 1.90. The van der Waals surface area contributed by atoms with Crippen LogP contribution >= 0.6 is 0 Å². The van der Waals surface area contributed by atoms with Gasteiger partial charge < -0.3 is 19.7 Å². The van der Waals surface area contributed by atoms with Crippen molar-refractivity contribution in [3.8, 4) is 0 Å². The Morgan fingerprint density at radius 1 is 1.58 bits per heavy atom. The highest BCUT2D eigenvalue weighted by atomic mass is 16.6. The fourth-order valence-electron chi connectivity index (χ4n) is 2.06. The molecule has 2 rings (SSSR count). The molecule has 4 atom stereocenters. The molecule has 2 bridgehead atoms. The second-order valence-electron chi connectivity index (χ2n) is 3.67. The summed E-state index contributed by atoms with van der Waals surface area (Å²) in [5, 5.41) is 18.9. The summed E-state index contributed by atoms with van der Waals surface area (Å²) in [4.78, 5) is 0. The Bertz CT molecular complexity index is 188. The maximum absolute atomic E-state index is 9.76. The van der Waals surface area contributed by atoms with Crippen molar-refractivity contribution in [3.05, 3.63) is 0 Å². The average Bonchev–Trinajstić information content (AvgIpc) is 2.23. The van der Waals surface area contributed by atoms with E-state index in [1.54, 1.807) is 0 Å². The van der Waals surface area contributed by atoms with Crippen LogP contribution in [0, 0.1) is 5.92 Å². The fraction of sp³-hybridized carbons (Fsp3) is 1.00. The van der Waals surface area contributed by atoms with E-state index in [0.717, 1.165) is 0 Å². The van der Waals surface area contributed by atoms with Crippen LogP contribution in [-0.4, -0.2) is 55.6 Å². The van der Waals surface area contributed by atoms with Crippen LogP contribution in [0.3, 0.4) is 0 Å². The first-order valence-electron chi connectivity index (χ1n) is 4.24. The van der Waals surface area contributed by atoms with Crippen LogP contribution in [0.2, 0.25) is 0 Å². The molecule has 12 heavy (non-hydrogen) atoms. The number of fused-ring (bicyclic) bond motifs is 2. The van der Waals surface area contributed by atoms with Crippen molar-refractivity contribution < 1.29 is 19.7 Å². The molecule has 0 aromatic carbocycles. The minimum atomic E-state index is -0.845. The van der Waals surface area contributed by atoms with Gasteiger partial charge in [-0.1, -0.05) is 0 Å². The summed E-state index contributed by atoms with van der Waals surface area (Å²) in [5.41, 5.74) is -0.845. The lowest BCUT2D eigenvalue weighted by Gasteiger charge is -2.34. The lowest BCUT2D eigenvalue weighted by atomic mass is 9.81. The van der Waals surface area contributed by atoms with Crippen molar-refractivity contribution in [3.63, 3.8) is 0 Å². The number of aliphatic hydroxyl groups excluding tert-OH is 2. The highest BCUT2D eigenvalue weighted by molar-refractivity contribution is 6.11. The van der Waals surface area contributed by atoms with Gasteiger partial charge in [-0.2, -0.15) is 0 Å². The number of aliphatic hydroxyl groups is 2. The van der Waals surface area contributed by atoms with Crippen molar-refractivity contribution in [1.82, 2.24) is 0 Å². The van der Waals surface area contributed by atoms with Gasteiger partial charge in [0, 0.05) is 11.9 Å². The van der Waals surface area contributed by atoms with Gasteiger partial charge in [0.15, 0.2) is 0 Å². The number of rotatable bonds is 1. The van der Waals surface area contributed by atoms with E-state index in [-0.39, 0.29) is 18.5 Å². The first-order chi connectivity index (χ1) is 5.69. The number of hydrogen-bond donors (Lipinski definition) is 2. The molecule has 2 aliphatic heterocycles. The minimum Gasteiger partial charge on any atom is -0.393 e. The third-order valence-corrected chi connectivity index (χ3v) is 2.89. The lowest BCUT2D eigenvalue weighted by Crippen LogP contribution is -2.52.